The van der Waals surface area contributed by atoms with Gasteiger partial charge in [-0.1, -0.05) is 0 Å². The van der Waals surface area contributed by atoms with Crippen molar-refractivity contribution in [2.75, 3.05) is 6.61 Å². The van der Waals surface area contributed by atoms with E-state index in [2.05, 4.69) is 37.2 Å². The average molecular weight is 383 g/mol. The lowest BCUT2D eigenvalue weighted by molar-refractivity contribution is -0.00862. The number of carbonyl (C=O) groups excluding carboxylic acids is 1. The van der Waals surface area contributed by atoms with Crippen LogP contribution in [-0.2, 0) is 4.74 Å². The number of hydrogen-bond acceptors (Lipinski definition) is 3. The zero-order valence-electron chi connectivity index (χ0n) is 9.33. The first-order valence-electron chi connectivity index (χ1n) is 5.47. The molecule has 0 spiro atoms. The van der Waals surface area contributed by atoms with Gasteiger partial charge >= 0.3 is 0 Å². The first kappa shape index (κ1) is 13.5. The van der Waals surface area contributed by atoms with Crippen LogP contribution in [0.1, 0.15) is 30.1 Å². The van der Waals surface area contributed by atoms with Crippen LogP contribution in [0.5, 0.6) is 0 Å². The summed E-state index contributed by atoms with van der Waals surface area (Å²) in [4.78, 5) is 12.0. The summed E-state index contributed by atoms with van der Waals surface area (Å²) in [5, 5.41) is 3.01. The van der Waals surface area contributed by atoms with Crippen molar-refractivity contribution in [3.63, 3.8) is 0 Å². The highest BCUT2D eigenvalue weighted by molar-refractivity contribution is 9.12. The van der Waals surface area contributed by atoms with Gasteiger partial charge in [0.05, 0.1) is 19.2 Å². The molecule has 0 bridgehead atoms. The quantitative estimate of drug-likeness (QED) is 0.864. The minimum absolute atomic E-state index is 0.0150. The third kappa shape index (κ3) is 3.30. The lowest BCUT2D eigenvalue weighted by Crippen LogP contribution is -2.47. The Bertz CT molecular complexity index is 416. The van der Waals surface area contributed by atoms with Crippen LogP contribution in [-0.4, -0.2) is 24.7 Å². The summed E-state index contributed by atoms with van der Waals surface area (Å²) < 4.78 is 7.27. The van der Waals surface area contributed by atoms with Gasteiger partial charge < -0.3 is 10.1 Å². The molecule has 0 saturated heterocycles. The molecule has 1 aliphatic carbocycles. The van der Waals surface area contributed by atoms with Crippen molar-refractivity contribution in [3.05, 3.63) is 19.2 Å². The van der Waals surface area contributed by atoms with Gasteiger partial charge in [0, 0.05) is 12.6 Å². The smallest absolute Gasteiger partial charge is 0.253 e. The van der Waals surface area contributed by atoms with Crippen molar-refractivity contribution >= 4 is 49.1 Å². The number of hydrogen-bond donors (Lipinski definition) is 1. The van der Waals surface area contributed by atoms with Crippen molar-refractivity contribution in [2.24, 2.45) is 0 Å². The minimum Gasteiger partial charge on any atom is -0.378 e. The molecule has 0 atom stereocenters. The number of nitrogens with one attached hydrogen (secondary N) is 1. The molecule has 1 amide bonds. The summed E-state index contributed by atoms with van der Waals surface area (Å²) in [6.07, 6.45) is 2.16. The molecule has 0 unspecified atom stereocenters. The zero-order chi connectivity index (χ0) is 12.4. The van der Waals surface area contributed by atoms with Crippen LogP contribution in [0, 0.1) is 0 Å². The molecule has 94 valence electrons. The van der Waals surface area contributed by atoms with E-state index in [-0.39, 0.29) is 11.9 Å². The van der Waals surface area contributed by atoms with E-state index in [0.717, 1.165) is 27.0 Å². The number of rotatable bonds is 4. The summed E-state index contributed by atoms with van der Waals surface area (Å²) in [5.41, 5.74) is 0.696. The molecular weight excluding hydrogens is 370 g/mol. The molecule has 1 N–H and O–H groups in total. The normalized spacial score (nSPS) is 23.2. The van der Waals surface area contributed by atoms with Crippen LogP contribution in [0.3, 0.4) is 0 Å². The number of amides is 1. The maximum atomic E-state index is 12.0. The van der Waals surface area contributed by atoms with Crippen molar-refractivity contribution in [3.8, 4) is 0 Å². The maximum absolute atomic E-state index is 12.0. The Morgan fingerprint density at radius 3 is 2.82 bits per heavy atom. The molecule has 1 aromatic heterocycles. The van der Waals surface area contributed by atoms with Crippen molar-refractivity contribution in [2.45, 2.75) is 31.9 Å². The summed E-state index contributed by atoms with van der Waals surface area (Å²) in [6.45, 7) is 2.74. The Hall–Kier alpha value is 0.0900. The van der Waals surface area contributed by atoms with Gasteiger partial charge in [-0.15, -0.1) is 11.3 Å². The molecular formula is C11H13Br2NO2S. The standard InChI is InChI=1S/C11H13Br2NO2S/c1-2-16-7-3-6(4-7)14-11(15)8-5-9(12)17-10(8)13/h5-7H,2-4H2,1H3,(H,14,15). The van der Waals surface area contributed by atoms with E-state index in [0.29, 0.717) is 11.7 Å². The Labute approximate surface area is 121 Å². The van der Waals surface area contributed by atoms with Crippen molar-refractivity contribution < 1.29 is 9.53 Å². The van der Waals surface area contributed by atoms with Gasteiger partial charge in [0.2, 0.25) is 0 Å². The summed E-state index contributed by atoms with van der Waals surface area (Å²) in [5.74, 6) is -0.0150. The largest absolute Gasteiger partial charge is 0.378 e. The van der Waals surface area contributed by atoms with Crippen LogP contribution in [0.2, 0.25) is 0 Å². The first-order chi connectivity index (χ1) is 8.10. The van der Waals surface area contributed by atoms with Gasteiger partial charge in [-0.05, 0) is 57.7 Å². The van der Waals surface area contributed by atoms with E-state index in [1.807, 2.05) is 13.0 Å². The molecule has 3 nitrogen and oxygen atoms in total. The summed E-state index contributed by atoms with van der Waals surface area (Å²) >= 11 is 8.26. The third-order valence-electron chi connectivity index (χ3n) is 2.73. The van der Waals surface area contributed by atoms with Gasteiger partial charge in [0.15, 0.2) is 0 Å². The fourth-order valence-electron chi connectivity index (χ4n) is 1.81. The van der Waals surface area contributed by atoms with Gasteiger partial charge in [-0.3, -0.25) is 4.79 Å². The van der Waals surface area contributed by atoms with Crippen LogP contribution >= 0.6 is 43.2 Å². The molecule has 17 heavy (non-hydrogen) atoms. The molecule has 0 radical (unpaired) electrons. The van der Waals surface area contributed by atoms with Crippen LogP contribution in [0.25, 0.3) is 0 Å². The van der Waals surface area contributed by atoms with E-state index < -0.39 is 0 Å². The predicted molar refractivity (Wildman–Crippen MR) is 75.6 cm³/mol. The second-order valence-corrected chi connectivity index (χ2v) is 7.71. The molecule has 1 aromatic rings. The van der Waals surface area contributed by atoms with Gasteiger partial charge in [0.1, 0.15) is 0 Å². The first-order valence-corrected chi connectivity index (χ1v) is 7.87. The molecule has 1 aliphatic rings. The summed E-state index contributed by atoms with van der Waals surface area (Å²) in [6, 6.07) is 2.09. The number of carbonyl (C=O) groups is 1. The van der Waals surface area contributed by atoms with Gasteiger partial charge in [0.25, 0.3) is 5.91 Å². The monoisotopic (exact) mass is 381 g/mol. The Kier molecular flexibility index (Phi) is 4.63. The van der Waals surface area contributed by atoms with Gasteiger partial charge in [-0.25, -0.2) is 0 Å². The van der Waals surface area contributed by atoms with Gasteiger partial charge in [-0.2, -0.15) is 0 Å². The van der Waals surface area contributed by atoms with E-state index in [1.54, 1.807) is 0 Å². The second kappa shape index (κ2) is 5.82. The Morgan fingerprint density at radius 2 is 2.29 bits per heavy atom. The highest BCUT2D eigenvalue weighted by Gasteiger charge is 2.31. The zero-order valence-corrected chi connectivity index (χ0v) is 13.3. The number of halogens is 2. The maximum Gasteiger partial charge on any atom is 0.253 e. The number of ether oxygens (including phenoxy) is 1. The van der Waals surface area contributed by atoms with Crippen LogP contribution in [0.15, 0.2) is 13.6 Å². The molecule has 1 heterocycles. The van der Waals surface area contributed by atoms with Crippen LogP contribution < -0.4 is 5.32 Å². The van der Waals surface area contributed by atoms with Crippen molar-refractivity contribution in [1.82, 2.24) is 5.32 Å². The SMILES string of the molecule is CCOC1CC(NC(=O)c2cc(Br)sc2Br)C1. The number of thiophene rings is 1. The van der Waals surface area contributed by atoms with E-state index in [4.69, 9.17) is 4.74 Å². The highest BCUT2D eigenvalue weighted by atomic mass is 79.9. The lowest BCUT2D eigenvalue weighted by Gasteiger charge is -2.35. The Balaban J connectivity index is 1.85. The van der Waals surface area contributed by atoms with E-state index >= 15 is 0 Å². The fourth-order valence-corrected chi connectivity index (χ4v) is 4.61. The second-order valence-electron chi connectivity index (χ2n) is 3.96. The highest BCUT2D eigenvalue weighted by Crippen LogP contribution is 2.32. The average Bonchev–Trinajstić information content (AvgIpc) is 2.54. The Morgan fingerprint density at radius 1 is 1.59 bits per heavy atom. The topological polar surface area (TPSA) is 38.3 Å². The minimum atomic E-state index is -0.0150. The predicted octanol–water partition coefficient (Wildman–Crippen LogP) is 3.57. The molecule has 1 fully saturated rings. The van der Waals surface area contributed by atoms with Crippen molar-refractivity contribution in [1.29, 1.82) is 0 Å². The fraction of sp³-hybridized carbons (Fsp3) is 0.545. The molecule has 2 rings (SSSR count). The molecule has 0 aromatic carbocycles. The molecule has 1 saturated carbocycles. The van der Waals surface area contributed by atoms with E-state index in [9.17, 15) is 4.79 Å². The molecule has 0 aliphatic heterocycles. The third-order valence-corrected chi connectivity index (χ3v) is 5.07. The molecule has 6 heteroatoms. The van der Waals surface area contributed by atoms with Crippen LogP contribution in [0.4, 0.5) is 0 Å². The van der Waals surface area contributed by atoms with E-state index in [1.165, 1.54) is 11.3 Å². The lowest BCUT2D eigenvalue weighted by atomic mass is 9.89. The summed E-state index contributed by atoms with van der Waals surface area (Å²) in [7, 11) is 0.